The van der Waals surface area contributed by atoms with E-state index in [0.29, 0.717) is 11.2 Å². The summed E-state index contributed by atoms with van der Waals surface area (Å²) >= 11 is 1.66. The number of nitrogens with zero attached hydrogens (tertiary/aromatic N) is 1. The number of amides is 1. The van der Waals surface area contributed by atoms with Crippen molar-refractivity contribution in [1.82, 2.24) is 5.32 Å². The number of carbonyl (C=O) groups is 2. The second-order valence-corrected chi connectivity index (χ2v) is 11.9. The van der Waals surface area contributed by atoms with Gasteiger partial charge in [0.15, 0.2) is 6.61 Å². The van der Waals surface area contributed by atoms with Gasteiger partial charge in [0.2, 0.25) is 0 Å². The quantitative estimate of drug-likeness (QED) is 0.135. The monoisotopic (exact) mass is 622 g/mol. The molecule has 0 aliphatic heterocycles. The van der Waals surface area contributed by atoms with Gasteiger partial charge in [-0.3, -0.25) is 9.59 Å². The number of anilines is 1. The van der Waals surface area contributed by atoms with Crippen molar-refractivity contribution in [3.63, 3.8) is 0 Å². The maximum Gasteiger partial charge on any atom is 0.322 e. The largest absolute Gasteiger partial charge is 0.508 e. The molecule has 5 N–H and O–H groups in total. The van der Waals surface area contributed by atoms with Gasteiger partial charge in [-0.25, -0.2) is 4.39 Å². The molecule has 3 unspecified atom stereocenters. The number of nitrogens with one attached hydrogen (secondary N) is 1. The van der Waals surface area contributed by atoms with Crippen molar-refractivity contribution in [3.8, 4) is 11.5 Å². The molecule has 0 aliphatic rings. The van der Waals surface area contributed by atoms with E-state index in [1.54, 1.807) is 36.0 Å². The van der Waals surface area contributed by atoms with Crippen LogP contribution < -0.4 is 20.3 Å². The van der Waals surface area contributed by atoms with Crippen molar-refractivity contribution < 1.29 is 38.9 Å². The highest BCUT2D eigenvalue weighted by molar-refractivity contribution is 8.05. The molecule has 0 bridgehead atoms. The number of halogens is 1. The molecular weight excluding hydrogens is 582 g/mol. The number of phenols is 1. The Morgan fingerprint density at radius 2 is 1.67 bits per heavy atom. The van der Waals surface area contributed by atoms with Crippen LogP contribution in [0.25, 0.3) is 0 Å². The number of carboxylic acid groups (broad SMARTS) is 1. The summed E-state index contributed by atoms with van der Waals surface area (Å²) in [6, 6.07) is 21.9. The van der Waals surface area contributed by atoms with E-state index in [4.69, 9.17) is 14.9 Å². The fraction of sp³-hybridized carbons (Fsp3) is 0.333. The molecule has 42 heavy (non-hydrogen) atoms. The van der Waals surface area contributed by atoms with Crippen molar-refractivity contribution in [2.24, 2.45) is 0 Å². The number of phenolic OH excluding ortho intramolecular Hbond substituents is 1. The first-order valence-corrected chi connectivity index (χ1v) is 15.8. The second kappa shape index (κ2) is 20.5. The number of para-hydroxylation sites is 1. The van der Waals surface area contributed by atoms with Gasteiger partial charge in [0.05, 0.1) is 8.15 Å². The molecule has 0 aromatic heterocycles. The van der Waals surface area contributed by atoms with Gasteiger partial charge in [0.25, 0.3) is 5.91 Å². The smallest absolute Gasteiger partial charge is 0.322 e. The van der Waals surface area contributed by atoms with Gasteiger partial charge in [0.1, 0.15) is 30.6 Å². The molecule has 0 saturated carbocycles. The number of carbonyl (C=O) groups excluding carboxylic acids is 1. The van der Waals surface area contributed by atoms with Crippen molar-refractivity contribution in [3.05, 3.63) is 84.7 Å². The van der Waals surface area contributed by atoms with Crippen LogP contribution in [-0.2, 0) is 9.59 Å². The molecule has 3 aromatic rings. The summed E-state index contributed by atoms with van der Waals surface area (Å²) in [6.07, 6.45) is 0. The molecule has 3 aromatic carbocycles. The fourth-order valence-corrected chi connectivity index (χ4v) is 6.30. The number of ether oxygens (including phenoxy) is 1. The van der Waals surface area contributed by atoms with Crippen LogP contribution in [0, 0.1) is 5.82 Å². The van der Waals surface area contributed by atoms with Crippen LogP contribution in [0.3, 0.4) is 0 Å². The van der Waals surface area contributed by atoms with E-state index in [1.807, 2.05) is 49.1 Å². The maximum absolute atomic E-state index is 13.0. The van der Waals surface area contributed by atoms with E-state index < -0.39 is 26.6 Å². The number of aliphatic carboxylic acids is 1. The highest BCUT2D eigenvalue weighted by atomic mass is 32.2. The van der Waals surface area contributed by atoms with Crippen molar-refractivity contribution in [2.75, 3.05) is 30.3 Å². The van der Waals surface area contributed by atoms with E-state index >= 15 is 0 Å². The average molecular weight is 623 g/mol. The van der Waals surface area contributed by atoms with Gasteiger partial charge < -0.3 is 35.2 Å². The number of aromatic hydroxyl groups is 1. The van der Waals surface area contributed by atoms with E-state index in [2.05, 4.69) is 19.2 Å². The lowest BCUT2D eigenvalue weighted by molar-refractivity contribution is -0.138. The summed E-state index contributed by atoms with van der Waals surface area (Å²) in [5, 5.41) is 30.2. The zero-order valence-corrected chi connectivity index (χ0v) is 25.9. The number of hydrogen-bond acceptors (Lipinski definition) is 8. The number of aliphatic hydroxyl groups excluding tert-OH is 1. The molecule has 3 atom stereocenters. The zero-order valence-electron chi connectivity index (χ0n) is 24.2. The lowest BCUT2D eigenvalue weighted by Gasteiger charge is -2.33. The van der Waals surface area contributed by atoms with E-state index in [-0.39, 0.29) is 36.2 Å². The maximum atomic E-state index is 13.0. The van der Waals surface area contributed by atoms with Crippen LogP contribution in [0.1, 0.15) is 27.7 Å². The van der Waals surface area contributed by atoms with Gasteiger partial charge in [-0.05, 0) is 55.5 Å². The molecule has 0 spiro atoms. The molecule has 12 heteroatoms. The Morgan fingerprint density at radius 1 is 1.02 bits per heavy atom. The third-order valence-corrected chi connectivity index (χ3v) is 9.01. The van der Waals surface area contributed by atoms with Crippen LogP contribution in [0.4, 0.5) is 10.1 Å². The Bertz CT molecular complexity index is 1190. The summed E-state index contributed by atoms with van der Waals surface area (Å²) < 4.78 is 18.0. The number of hydrogen-bond donors (Lipinski definition) is 5. The van der Waals surface area contributed by atoms with Crippen LogP contribution in [0.5, 0.6) is 11.5 Å². The molecule has 0 aliphatic carbocycles. The topological polar surface area (TPSA) is 140 Å². The molecular formula is C30H40FN2O7PS. The van der Waals surface area contributed by atoms with E-state index in [1.165, 1.54) is 24.3 Å². The number of rotatable bonds is 13. The van der Waals surface area contributed by atoms with Gasteiger partial charge in [-0.2, -0.15) is 0 Å². The normalized spacial score (nSPS) is 12.3. The Morgan fingerprint density at radius 3 is 2.24 bits per heavy atom. The van der Waals surface area contributed by atoms with E-state index in [9.17, 15) is 24.0 Å². The van der Waals surface area contributed by atoms with Crippen molar-refractivity contribution in [1.29, 1.82) is 0 Å². The summed E-state index contributed by atoms with van der Waals surface area (Å²) in [5.74, 6) is -1.58. The highest BCUT2D eigenvalue weighted by Crippen LogP contribution is 2.36. The Kier molecular flexibility index (Phi) is 17.9. The Hall–Kier alpha value is -3.37. The molecule has 3 rings (SSSR count). The predicted octanol–water partition coefficient (Wildman–Crippen LogP) is 4.76. The van der Waals surface area contributed by atoms with Gasteiger partial charge >= 0.3 is 5.97 Å². The summed E-state index contributed by atoms with van der Waals surface area (Å²) in [7, 11) is -1.31. The minimum atomic E-state index is -1.31. The van der Waals surface area contributed by atoms with Gasteiger partial charge in [0, 0.05) is 33.8 Å². The molecule has 230 valence electrons. The van der Waals surface area contributed by atoms with E-state index in [0.717, 1.165) is 11.0 Å². The SMILES string of the molecule is CC.CC(SCP(O)c1ccc(F)cc1)C(C)N(CO)c1ccccc1.O=C(O)CNC(=O)COc1cccc(O)c1. The minimum absolute atomic E-state index is 0.0310. The molecule has 0 saturated heterocycles. The molecule has 0 heterocycles. The number of thioether (sulfide) groups is 1. The summed E-state index contributed by atoms with van der Waals surface area (Å²) in [5.41, 5.74) is 1.56. The van der Waals surface area contributed by atoms with Crippen LogP contribution in [0.15, 0.2) is 78.9 Å². The van der Waals surface area contributed by atoms with Crippen molar-refractivity contribution in [2.45, 2.75) is 39.0 Å². The van der Waals surface area contributed by atoms with Crippen molar-refractivity contribution >= 4 is 42.8 Å². The first kappa shape index (κ1) is 36.7. The first-order chi connectivity index (χ1) is 20.1. The second-order valence-electron chi connectivity index (χ2n) is 8.52. The zero-order chi connectivity index (χ0) is 31.5. The summed E-state index contributed by atoms with van der Waals surface area (Å²) in [6.45, 7) is 7.37. The van der Waals surface area contributed by atoms with Crippen LogP contribution in [-0.4, -0.2) is 68.8 Å². The van der Waals surface area contributed by atoms with Gasteiger partial charge in [-0.15, -0.1) is 11.8 Å². The number of benzene rings is 3. The molecule has 9 nitrogen and oxygen atoms in total. The summed E-state index contributed by atoms with van der Waals surface area (Å²) in [4.78, 5) is 33.4. The predicted molar refractivity (Wildman–Crippen MR) is 168 cm³/mol. The minimum Gasteiger partial charge on any atom is -0.508 e. The lowest BCUT2D eigenvalue weighted by Crippen LogP contribution is -2.40. The van der Waals surface area contributed by atoms with Crippen LogP contribution >= 0.6 is 19.9 Å². The average Bonchev–Trinajstić information content (AvgIpc) is 3.00. The fourth-order valence-electron chi connectivity index (χ4n) is 3.28. The molecule has 1 amide bonds. The third-order valence-electron chi connectivity index (χ3n) is 5.62. The molecule has 0 radical (unpaired) electrons. The lowest BCUT2D eigenvalue weighted by atomic mass is 10.2. The Labute approximate surface area is 252 Å². The number of aliphatic hydroxyl groups is 1. The first-order valence-electron chi connectivity index (χ1n) is 13.3. The van der Waals surface area contributed by atoms with Crippen LogP contribution in [0.2, 0.25) is 0 Å². The molecule has 0 fully saturated rings. The Balaban J connectivity index is 0.000000426. The third kappa shape index (κ3) is 14.0. The number of carboxylic acids is 1. The van der Waals surface area contributed by atoms with Gasteiger partial charge in [-0.1, -0.05) is 45.0 Å². The standard InChI is InChI=1S/C18H23FNO2PS.C10H11NO5.C2H6/c1-14(20(12-21)17-6-4-3-5-7-17)15(2)24-13-23(22)18-10-8-16(19)9-11-18;12-7-2-1-3-8(4-7)16-6-9(13)11-5-10(14)15;1-2/h3-11,14-15,21-22H,12-13H2,1-2H3;1-4,12H,5-6H2,(H,11,13)(H,14,15);1-2H3. The highest BCUT2D eigenvalue weighted by Gasteiger charge is 2.21.